The Kier molecular flexibility index (Phi) is 4.10. The third kappa shape index (κ3) is 2.94. The van der Waals surface area contributed by atoms with E-state index in [2.05, 4.69) is 10.2 Å². The first kappa shape index (κ1) is 15.2. The molecule has 0 radical (unpaired) electrons. The summed E-state index contributed by atoms with van der Waals surface area (Å²) < 4.78 is 15.9. The van der Waals surface area contributed by atoms with E-state index in [1.807, 2.05) is 12.1 Å². The standard InChI is InChI=1S/C16H18N2O5/c1-9-15(16(20)18-17-9)11(8-14(19)21-2)10-3-4-12-13(7-10)23-6-5-22-12/h3-4,7,11H,5-6,8H2,1-2H3,(H2,17,18,20). The lowest BCUT2D eigenvalue weighted by Crippen LogP contribution is -2.19. The van der Waals surface area contributed by atoms with Gasteiger partial charge in [0.2, 0.25) is 0 Å². The summed E-state index contributed by atoms with van der Waals surface area (Å²) in [5, 5.41) is 5.35. The Hall–Kier alpha value is -2.70. The highest BCUT2D eigenvalue weighted by Crippen LogP contribution is 2.36. The van der Waals surface area contributed by atoms with Crippen LogP contribution in [-0.2, 0) is 9.53 Å². The maximum atomic E-state index is 12.1. The van der Waals surface area contributed by atoms with Crippen molar-refractivity contribution in [3.05, 3.63) is 45.4 Å². The third-order valence-corrected chi connectivity index (χ3v) is 3.93. The highest BCUT2D eigenvalue weighted by atomic mass is 16.6. The van der Waals surface area contributed by atoms with Gasteiger partial charge in [0.1, 0.15) is 13.2 Å². The van der Waals surface area contributed by atoms with E-state index in [-0.39, 0.29) is 17.9 Å². The number of methoxy groups -OCH3 is 1. The summed E-state index contributed by atoms with van der Waals surface area (Å²) >= 11 is 0. The number of H-pyrrole nitrogens is 2. The fourth-order valence-electron chi connectivity index (χ4n) is 2.79. The second-order valence-corrected chi connectivity index (χ2v) is 5.35. The number of aryl methyl sites for hydroxylation is 1. The smallest absolute Gasteiger partial charge is 0.306 e. The Morgan fingerprint density at radius 3 is 2.65 bits per heavy atom. The quantitative estimate of drug-likeness (QED) is 0.833. The molecular formula is C16H18N2O5. The van der Waals surface area contributed by atoms with Gasteiger partial charge in [-0.1, -0.05) is 6.07 Å². The Labute approximate surface area is 132 Å². The van der Waals surface area contributed by atoms with Crippen molar-refractivity contribution >= 4 is 5.97 Å². The molecule has 0 aliphatic carbocycles. The second-order valence-electron chi connectivity index (χ2n) is 5.35. The molecule has 0 bridgehead atoms. The van der Waals surface area contributed by atoms with Crippen LogP contribution < -0.4 is 15.0 Å². The number of fused-ring (bicyclic) bond motifs is 1. The largest absolute Gasteiger partial charge is 0.486 e. The van der Waals surface area contributed by atoms with Gasteiger partial charge in [0.15, 0.2) is 11.5 Å². The number of aromatic nitrogens is 2. The van der Waals surface area contributed by atoms with E-state index in [0.29, 0.717) is 36.0 Å². The zero-order valence-corrected chi connectivity index (χ0v) is 13.0. The summed E-state index contributed by atoms with van der Waals surface area (Å²) in [7, 11) is 1.33. The number of ether oxygens (including phenoxy) is 3. The van der Waals surface area contributed by atoms with Crippen LogP contribution >= 0.6 is 0 Å². The molecular weight excluding hydrogens is 300 g/mol. The second kappa shape index (κ2) is 6.20. The van der Waals surface area contributed by atoms with E-state index in [4.69, 9.17) is 14.2 Å². The number of carbonyl (C=O) groups is 1. The molecule has 7 heteroatoms. The molecule has 0 fully saturated rings. The van der Waals surface area contributed by atoms with Crippen LogP contribution in [0.15, 0.2) is 23.0 Å². The topological polar surface area (TPSA) is 93.4 Å². The molecule has 1 atom stereocenters. The molecule has 1 aromatic carbocycles. The number of rotatable bonds is 4. The summed E-state index contributed by atoms with van der Waals surface area (Å²) in [4.78, 5) is 23.9. The van der Waals surface area contributed by atoms with Crippen molar-refractivity contribution in [1.29, 1.82) is 0 Å². The fraction of sp³-hybridized carbons (Fsp3) is 0.375. The van der Waals surface area contributed by atoms with Gasteiger partial charge < -0.3 is 19.3 Å². The molecule has 0 saturated carbocycles. The number of nitrogens with one attached hydrogen (secondary N) is 2. The maximum Gasteiger partial charge on any atom is 0.306 e. The fourth-order valence-corrected chi connectivity index (χ4v) is 2.79. The van der Waals surface area contributed by atoms with Gasteiger partial charge in [-0.2, -0.15) is 0 Å². The molecule has 7 nitrogen and oxygen atoms in total. The van der Waals surface area contributed by atoms with Crippen LogP contribution in [0, 0.1) is 6.92 Å². The summed E-state index contributed by atoms with van der Waals surface area (Å²) in [6.45, 7) is 2.77. The molecule has 23 heavy (non-hydrogen) atoms. The lowest BCUT2D eigenvalue weighted by Gasteiger charge is -2.21. The zero-order chi connectivity index (χ0) is 16.4. The molecule has 1 aromatic heterocycles. The predicted octanol–water partition coefficient (Wildman–Crippen LogP) is 1.48. The SMILES string of the molecule is COC(=O)CC(c1ccc2c(c1)OCCO2)c1c(C)[nH][nH]c1=O. The minimum Gasteiger partial charge on any atom is -0.486 e. The highest BCUT2D eigenvalue weighted by Gasteiger charge is 2.26. The molecule has 2 heterocycles. The van der Waals surface area contributed by atoms with Gasteiger partial charge in [0.05, 0.1) is 13.5 Å². The van der Waals surface area contributed by atoms with Crippen molar-refractivity contribution in [2.45, 2.75) is 19.3 Å². The number of esters is 1. The van der Waals surface area contributed by atoms with E-state index in [9.17, 15) is 9.59 Å². The third-order valence-electron chi connectivity index (χ3n) is 3.93. The van der Waals surface area contributed by atoms with Gasteiger partial charge >= 0.3 is 5.97 Å². The lowest BCUT2D eigenvalue weighted by molar-refractivity contribution is -0.140. The average Bonchev–Trinajstić information content (AvgIpc) is 2.90. The van der Waals surface area contributed by atoms with Crippen molar-refractivity contribution in [3.63, 3.8) is 0 Å². The predicted molar refractivity (Wildman–Crippen MR) is 82.1 cm³/mol. The van der Waals surface area contributed by atoms with E-state index in [1.165, 1.54) is 7.11 Å². The van der Waals surface area contributed by atoms with Crippen molar-refractivity contribution in [3.8, 4) is 11.5 Å². The zero-order valence-electron chi connectivity index (χ0n) is 13.0. The van der Waals surface area contributed by atoms with Crippen molar-refractivity contribution < 1.29 is 19.0 Å². The summed E-state index contributed by atoms with van der Waals surface area (Å²) in [6.07, 6.45) is 0.0674. The normalized spacial score (nSPS) is 14.3. The van der Waals surface area contributed by atoms with Crippen LogP contribution in [0.25, 0.3) is 0 Å². The van der Waals surface area contributed by atoms with Crippen molar-refractivity contribution in [1.82, 2.24) is 10.2 Å². The number of hydrogen-bond acceptors (Lipinski definition) is 5. The number of hydrogen-bond donors (Lipinski definition) is 2. The van der Waals surface area contributed by atoms with E-state index in [1.54, 1.807) is 13.0 Å². The molecule has 2 N–H and O–H groups in total. The molecule has 122 valence electrons. The Bertz CT molecular complexity index is 777. The van der Waals surface area contributed by atoms with Gasteiger partial charge in [0.25, 0.3) is 5.56 Å². The summed E-state index contributed by atoms with van der Waals surface area (Å²) in [5.74, 6) is 0.475. The molecule has 1 aliphatic rings. The Balaban J connectivity index is 2.05. The van der Waals surface area contributed by atoms with Crippen molar-refractivity contribution in [2.24, 2.45) is 0 Å². The van der Waals surface area contributed by atoms with E-state index in [0.717, 1.165) is 5.56 Å². The minimum atomic E-state index is -0.423. The molecule has 1 aliphatic heterocycles. The first-order valence-electron chi connectivity index (χ1n) is 7.33. The van der Waals surface area contributed by atoms with Crippen LogP contribution in [0.3, 0.4) is 0 Å². The Morgan fingerprint density at radius 2 is 2.00 bits per heavy atom. The van der Waals surface area contributed by atoms with Gasteiger partial charge in [-0.05, 0) is 24.6 Å². The van der Waals surface area contributed by atoms with Crippen LogP contribution in [0.4, 0.5) is 0 Å². The molecule has 1 unspecified atom stereocenters. The molecule has 0 amide bonds. The van der Waals surface area contributed by atoms with Gasteiger partial charge in [-0.3, -0.25) is 14.7 Å². The minimum absolute atomic E-state index is 0.0674. The number of carbonyl (C=O) groups excluding carboxylic acids is 1. The van der Waals surface area contributed by atoms with Crippen LogP contribution in [0.5, 0.6) is 11.5 Å². The van der Waals surface area contributed by atoms with Crippen LogP contribution in [-0.4, -0.2) is 36.5 Å². The first-order chi connectivity index (χ1) is 11.1. The average molecular weight is 318 g/mol. The van der Waals surface area contributed by atoms with Gasteiger partial charge in [0, 0.05) is 17.2 Å². The van der Waals surface area contributed by atoms with E-state index < -0.39 is 5.92 Å². The lowest BCUT2D eigenvalue weighted by atomic mass is 9.88. The Morgan fingerprint density at radius 1 is 1.26 bits per heavy atom. The molecule has 0 saturated heterocycles. The monoisotopic (exact) mass is 318 g/mol. The molecule has 2 aromatic rings. The maximum absolute atomic E-state index is 12.1. The first-order valence-corrected chi connectivity index (χ1v) is 7.33. The highest BCUT2D eigenvalue weighted by molar-refractivity contribution is 5.71. The number of aromatic amines is 2. The van der Waals surface area contributed by atoms with Gasteiger partial charge in [-0.15, -0.1) is 0 Å². The van der Waals surface area contributed by atoms with Crippen molar-refractivity contribution in [2.75, 3.05) is 20.3 Å². The van der Waals surface area contributed by atoms with Crippen LogP contribution in [0.1, 0.15) is 29.2 Å². The van der Waals surface area contributed by atoms with E-state index >= 15 is 0 Å². The van der Waals surface area contributed by atoms with Crippen LogP contribution in [0.2, 0.25) is 0 Å². The molecule has 0 spiro atoms. The summed E-state index contributed by atoms with van der Waals surface area (Å²) in [5.41, 5.74) is 1.77. The molecule has 3 rings (SSSR count). The number of benzene rings is 1. The van der Waals surface area contributed by atoms with Gasteiger partial charge in [-0.25, -0.2) is 0 Å². The summed E-state index contributed by atoms with van der Waals surface area (Å²) in [6, 6.07) is 5.45.